The van der Waals surface area contributed by atoms with Gasteiger partial charge in [-0.3, -0.25) is 9.59 Å². The number of nitrogens with one attached hydrogen (secondary N) is 1. The predicted molar refractivity (Wildman–Crippen MR) is 152 cm³/mol. The van der Waals surface area contributed by atoms with E-state index in [1.165, 1.54) is 42.9 Å². The molecule has 1 heterocycles. The SMILES string of the molecule is CCCCNC(=O)CCCCCCCCCCOCC1Cc2ccccc2CN1C(=O)c1cccc(O)c1. The summed E-state index contributed by atoms with van der Waals surface area (Å²) in [6.45, 7) is 4.73. The largest absolute Gasteiger partial charge is 0.508 e. The molecule has 0 aliphatic carbocycles. The second-order valence-corrected chi connectivity index (χ2v) is 10.5. The molecular formula is C32H46N2O4. The van der Waals surface area contributed by atoms with Crippen molar-refractivity contribution in [3.05, 3.63) is 65.2 Å². The molecule has 0 aromatic heterocycles. The monoisotopic (exact) mass is 522 g/mol. The molecule has 2 aromatic rings. The normalized spacial score (nSPS) is 14.8. The highest BCUT2D eigenvalue weighted by atomic mass is 16.5. The molecule has 0 saturated heterocycles. The zero-order valence-electron chi connectivity index (χ0n) is 23.1. The molecule has 0 saturated carbocycles. The first-order valence-corrected chi connectivity index (χ1v) is 14.6. The van der Waals surface area contributed by atoms with Crippen LogP contribution in [0.3, 0.4) is 0 Å². The van der Waals surface area contributed by atoms with Gasteiger partial charge < -0.3 is 20.1 Å². The van der Waals surface area contributed by atoms with Gasteiger partial charge in [-0.2, -0.15) is 0 Å². The van der Waals surface area contributed by atoms with Gasteiger partial charge in [0, 0.05) is 31.7 Å². The highest BCUT2D eigenvalue weighted by Crippen LogP contribution is 2.26. The first kappa shape index (κ1) is 29.7. The standard InChI is InChI=1S/C32H46N2O4/c1-2-3-20-33-31(36)19-10-8-6-4-5-7-9-13-21-38-25-29-22-26-15-11-12-16-28(26)24-34(29)32(37)27-17-14-18-30(35)23-27/h11-12,14-18,23,29,35H,2-10,13,19-22,24-25H2,1H3,(H,33,36). The molecule has 0 spiro atoms. The maximum atomic E-state index is 13.3. The number of fused-ring (bicyclic) bond motifs is 1. The Hall–Kier alpha value is -2.86. The van der Waals surface area contributed by atoms with E-state index >= 15 is 0 Å². The van der Waals surface area contributed by atoms with E-state index < -0.39 is 0 Å². The summed E-state index contributed by atoms with van der Waals surface area (Å²) in [5, 5.41) is 12.8. The molecule has 3 rings (SSSR count). The van der Waals surface area contributed by atoms with Gasteiger partial charge in [-0.15, -0.1) is 0 Å². The molecule has 6 nitrogen and oxygen atoms in total. The molecule has 208 valence electrons. The topological polar surface area (TPSA) is 78.9 Å². The Kier molecular flexibility index (Phi) is 13.2. The van der Waals surface area contributed by atoms with Gasteiger partial charge in [0.15, 0.2) is 0 Å². The van der Waals surface area contributed by atoms with E-state index in [0.29, 0.717) is 31.7 Å². The molecule has 1 aliphatic heterocycles. The smallest absolute Gasteiger partial charge is 0.254 e. The van der Waals surface area contributed by atoms with Gasteiger partial charge in [0.25, 0.3) is 5.91 Å². The van der Waals surface area contributed by atoms with Crippen LogP contribution in [0.5, 0.6) is 5.75 Å². The van der Waals surface area contributed by atoms with Crippen molar-refractivity contribution < 1.29 is 19.4 Å². The van der Waals surface area contributed by atoms with E-state index in [2.05, 4.69) is 30.4 Å². The van der Waals surface area contributed by atoms with E-state index in [4.69, 9.17) is 4.74 Å². The summed E-state index contributed by atoms with van der Waals surface area (Å²) in [7, 11) is 0. The van der Waals surface area contributed by atoms with Crippen molar-refractivity contribution in [3.8, 4) is 5.75 Å². The second-order valence-electron chi connectivity index (χ2n) is 10.5. The molecule has 2 aromatic carbocycles. The van der Waals surface area contributed by atoms with Gasteiger partial charge in [-0.1, -0.05) is 82.2 Å². The van der Waals surface area contributed by atoms with Crippen molar-refractivity contribution in [1.29, 1.82) is 0 Å². The van der Waals surface area contributed by atoms with E-state index in [9.17, 15) is 14.7 Å². The van der Waals surface area contributed by atoms with Crippen LogP contribution >= 0.6 is 0 Å². The number of unbranched alkanes of at least 4 members (excludes halogenated alkanes) is 8. The van der Waals surface area contributed by atoms with Gasteiger partial charge >= 0.3 is 0 Å². The highest BCUT2D eigenvalue weighted by molar-refractivity contribution is 5.95. The zero-order chi connectivity index (χ0) is 27.0. The molecule has 1 atom stereocenters. The van der Waals surface area contributed by atoms with Crippen LogP contribution in [-0.2, 0) is 22.5 Å². The third-order valence-corrected chi connectivity index (χ3v) is 7.31. The van der Waals surface area contributed by atoms with Crippen molar-refractivity contribution in [2.75, 3.05) is 19.8 Å². The van der Waals surface area contributed by atoms with Gasteiger partial charge in [0.1, 0.15) is 5.75 Å². The highest BCUT2D eigenvalue weighted by Gasteiger charge is 2.30. The minimum atomic E-state index is -0.0684. The fourth-order valence-corrected chi connectivity index (χ4v) is 5.04. The number of rotatable bonds is 17. The lowest BCUT2D eigenvalue weighted by atomic mass is 9.93. The van der Waals surface area contributed by atoms with E-state index in [0.717, 1.165) is 51.5 Å². The van der Waals surface area contributed by atoms with Crippen LogP contribution in [0.15, 0.2) is 48.5 Å². The quantitative estimate of drug-likeness (QED) is 0.236. The lowest BCUT2D eigenvalue weighted by Gasteiger charge is -2.37. The Morgan fingerprint density at radius 3 is 2.37 bits per heavy atom. The van der Waals surface area contributed by atoms with E-state index in [1.54, 1.807) is 18.2 Å². The summed E-state index contributed by atoms with van der Waals surface area (Å²) in [5.41, 5.74) is 2.95. The number of ether oxygens (including phenoxy) is 1. The number of nitrogens with zero attached hydrogens (tertiary/aromatic N) is 1. The van der Waals surface area contributed by atoms with Crippen LogP contribution in [0.25, 0.3) is 0 Å². The fourth-order valence-electron chi connectivity index (χ4n) is 5.04. The minimum Gasteiger partial charge on any atom is -0.508 e. The Morgan fingerprint density at radius 1 is 0.921 bits per heavy atom. The molecule has 2 amide bonds. The van der Waals surface area contributed by atoms with Gasteiger partial charge in [-0.05, 0) is 55.0 Å². The Labute approximate surface area is 228 Å². The maximum absolute atomic E-state index is 13.3. The average molecular weight is 523 g/mol. The molecule has 2 N–H and O–H groups in total. The molecule has 6 heteroatoms. The van der Waals surface area contributed by atoms with E-state index in [-0.39, 0.29) is 23.6 Å². The molecule has 1 aliphatic rings. The number of carbonyl (C=O) groups excluding carboxylic acids is 2. The van der Waals surface area contributed by atoms with Gasteiger partial charge in [0.2, 0.25) is 5.91 Å². The summed E-state index contributed by atoms with van der Waals surface area (Å²) in [5.74, 6) is 0.232. The van der Waals surface area contributed by atoms with Crippen LogP contribution in [-0.4, -0.2) is 47.6 Å². The molecule has 38 heavy (non-hydrogen) atoms. The van der Waals surface area contributed by atoms with E-state index in [1.807, 2.05) is 11.0 Å². The third kappa shape index (κ3) is 10.1. The number of hydrogen-bond acceptors (Lipinski definition) is 4. The molecule has 0 fully saturated rings. The second kappa shape index (κ2) is 16.9. The number of phenolic OH excluding ortho intramolecular Hbond substituents is 1. The Balaban J connectivity index is 1.30. The number of carbonyl (C=O) groups is 2. The average Bonchev–Trinajstić information content (AvgIpc) is 2.93. The number of phenols is 1. The number of aromatic hydroxyl groups is 1. The van der Waals surface area contributed by atoms with Crippen molar-refractivity contribution in [3.63, 3.8) is 0 Å². The van der Waals surface area contributed by atoms with Crippen LogP contribution in [0.4, 0.5) is 0 Å². The molecule has 0 radical (unpaired) electrons. The predicted octanol–water partition coefficient (Wildman–Crippen LogP) is 6.40. The summed E-state index contributed by atoms with van der Waals surface area (Å²) in [4.78, 5) is 26.9. The number of amides is 2. The summed E-state index contributed by atoms with van der Waals surface area (Å²) >= 11 is 0. The number of benzene rings is 2. The molecule has 0 bridgehead atoms. The lowest BCUT2D eigenvalue weighted by Crippen LogP contribution is -2.46. The third-order valence-electron chi connectivity index (χ3n) is 7.31. The van der Waals surface area contributed by atoms with Crippen LogP contribution < -0.4 is 5.32 Å². The van der Waals surface area contributed by atoms with Crippen molar-refractivity contribution in [1.82, 2.24) is 10.2 Å². The van der Waals surface area contributed by atoms with Crippen molar-refractivity contribution in [2.24, 2.45) is 0 Å². The van der Waals surface area contributed by atoms with Gasteiger partial charge in [-0.25, -0.2) is 0 Å². The van der Waals surface area contributed by atoms with Crippen LogP contribution in [0.2, 0.25) is 0 Å². The molecular weight excluding hydrogens is 476 g/mol. The molecule has 1 unspecified atom stereocenters. The first-order valence-electron chi connectivity index (χ1n) is 14.6. The van der Waals surface area contributed by atoms with Gasteiger partial charge in [0.05, 0.1) is 12.6 Å². The maximum Gasteiger partial charge on any atom is 0.254 e. The Morgan fingerprint density at radius 2 is 1.63 bits per heavy atom. The summed E-state index contributed by atoms with van der Waals surface area (Å²) in [6, 6.07) is 14.8. The van der Waals surface area contributed by atoms with Crippen molar-refractivity contribution in [2.45, 2.75) is 96.6 Å². The summed E-state index contributed by atoms with van der Waals surface area (Å²) in [6.07, 6.45) is 12.8. The number of hydrogen-bond donors (Lipinski definition) is 2. The van der Waals surface area contributed by atoms with Crippen molar-refractivity contribution >= 4 is 11.8 Å². The minimum absolute atomic E-state index is 0.0199. The fraction of sp³-hybridized carbons (Fsp3) is 0.562. The zero-order valence-corrected chi connectivity index (χ0v) is 23.1. The Bertz CT molecular complexity index is 993. The lowest BCUT2D eigenvalue weighted by molar-refractivity contribution is -0.121. The summed E-state index contributed by atoms with van der Waals surface area (Å²) < 4.78 is 6.06. The van der Waals surface area contributed by atoms with Crippen LogP contribution in [0, 0.1) is 0 Å². The van der Waals surface area contributed by atoms with Crippen LogP contribution in [0.1, 0.15) is 99.0 Å². The first-order chi connectivity index (χ1) is 18.6.